The van der Waals surface area contributed by atoms with Crippen LogP contribution < -0.4 is 5.73 Å². The summed E-state index contributed by atoms with van der Waals surface area (Å²) < 4.78 is 32.9. The molecule has 0 aliphatic rings. The van der Waals surface area contributed by atoms with E-state index in [1.807, 2.05) is 20.8 Å². The number of hydrogen-bond acceptors (Lipinski definition) is 4. The molecule has 1 unspecified atom stereocenters. The summed E-state index contributed by atoms with van der Waals surface area (Å²) in [6.07, 6.45) is 2.11. The van der Waals surface area contributed by atoms with E-state index in [-0.39, 0.29) is 11.8 Å². The number of nitrogens with two attached hydrogens (primary N) is 1. The first-order chi connectivity index (χ1) is 9.08. The van der Waals surface area contributed by atoms with Crippen LogP contribution in [0.2, 0.25) is 0 Å². The van der Waals surface area contributed by atoms with Crippen molar-refractivity contribution in [2.24, 2.45) is 5.73 Å². The molecule has 0 rings (SSSR count). The largest absolute Gasteiger partial charge is 0.748 e. The Morgan fingerprint density at radius 2 is 1.85 bits per heavy atom. The standard InChI is InChI=1S/C13H26N2O4S/c1-5-15(6-2,9-7-11(3)13(14)16)12(4)8-10-20(17,18)19/h7,12H,5-6,8-10H2,1-4H3,(H2-,14,16,17,18,19). The van der Waals surface area contributed by atoms with E-state index in [9.17, 15) is 17.8 Å². The van der Waals surface area contributed by atoms with Gasteiger partial charge in [0.1, 0.15) is 0 Å². The highest BCUT2D eigenvalue weighted by molar-refractivity contribution is 7.85. The number of likely N-dealkylation sites (N-methyl/N-ethyl adjacent to an activating group) is 1. The minimum Gasteiger partial charge on any atom is -0.748 e. The van der Waals surface area contributed by atoms with Crippen LogP contribution in [0.25, 0.3) is 0 Å². The zero-order valence-electron chi connectivity index (χ0n) is 12.8. The van der Waals surface area contributed by atoms with E-state index in [0.29, 0.717) is 23.0 Å². The van der Waals surface area contributed by atoms with Crippen LogP contribution in [0, 0.1) is 0 Å². The lowest BCUT2D eigenvalue weighted by atomic mass is 10.1. The fourth-order valence-electron chi connectivity index (χ4n) is 2.29. The Morgan fingerprint density at radius 1 is 1.35 bits per heavy atom. The van der Waals surface area contributed by atoms with E-state index in [2.05, 4.69) is 0 Å². The average molecular weight is 306 g/mol. The van der Waals surface area contributed by atoms with Gasteiger partial charge < -0.3 is 14.8 Å². The summed E-state index contributed by atoms with van der Waals surface area (Å²) in [6.45, 7) is 9.80. The molecule has 0 heterocycles. The Hall–Kier alpha value is -0.920. The number of nitrogens with zero attached hydrogens (tertiary/aromatic N) is 1. The number of rotatable bonds is 9. The normalized spacial score (nSPS) is 15.2. The average Bonchev–Trinajstić information content (AvgIpc) is 2.36. The van der Waals surface area contributed by atoms with Gasteiger partial charge in [0.25, 0.3) is 0 Å². The van der Waals surface area contributed by atoms with Gasteiger partial charge in [0.15, 0.2) is 0 Å². The van der Waals surface area contributed by atoms with Gasteiger partial charge in [0, 0.05) is 17.7 Å². The smallest absolute Gasteiger partial charge is 0.244 e. The van der Waals surface area contributed by atoms with Gasteiger partial charge in [-0.2, -0.15) is 0 Å². The summed E-state index contributed by atoms with van der Waals surface area (Å²) in [4.78, 5) is 11.0. The molecule has 0 aromatic heterocycles. The van der Waals surface area contributed by atoms with E-state index < -0.39 is 16.0 Å². The van der Waals surface area contributed by atoms with Gasteiger partial charge in [0.05, 0.1) is 35.8 Å². The van der Waals surface area contributed by atoms with E-state index >= 15 is 0 Å². The summed E-state index contributed by atoms with van der Waals surface area (Å²) in [5.41, 5.74) is 5.70. The van der Waals surface area contributed by atoms with Gasteiger partial charge in [-0.1, -0.05) is 0 Å². The van der Waals surface area contributed by atoms with Crippen molar-refractivity contribution in [1.82, 2.24) is 0 Å². The predicted octanol–water partition coefficient (Wildman–Crippen LogP) is 0.598. The fourth-order valence-corrected chi connectivity index (χ4v) is 2.92. The Balaban J connectivity index is 4.99. The molecule has 0 aromatic rings. The molecule has 0 saturated heterocycles. The first-order valence-corrected chi connectivity index (χ1v) is 8.41. The van der Waals surface area contributed by atoms with Gasteiger partial charge in [-0.3, -0.25) is 4.79 Å². The lowest BCUT2D eigenvalue weighted by Gasteiger charge is -2.42. The van der Waals surface area contributed by atoms with Gasteiger partial charge >= 0.3 is 0 Å². The van der Waals surface area contributed by atoms with Crippen LogP contribution >= 0.6 is 0 Å². The van der Waals surface area contributed by atoms with Crippen LogP contribution in [-0.4, -0.2) is 54.8 Å². The molecule has 0 aromatic carbocycles. The molecule has 0 aliphatic heterocycles. The third-order valence-corrected chi connectivity index (χ3v) is 4.87. The lowest BCUT2D eigenvalue weighted by Crippen LogP contribution is -2.54. The Morgan fingerprint density at radius 3 is 2.20 bits per heavy atom. The molecule has 118 valence electrons. The molecule has 0 bridgehead atoms. The van der Waals surface area contributed by atoms with Crippen molar-refractivity contribution >= 4 is 16.0 Å². The van der Waals surface area contributed by atoms with E-state index in [1.165, 1.54) is 0 Å². The number of amides is 1. The minimum atomic E-state index is -4.19. The van der Waals surface area contributed by atoms with Crippen molar-refractivity contribution in [3.63, 3.8) is 0 Å². The minimum absolute atomic E-state index is 0.0191. The summed E-state index contributed by atoms with van der Waals surface area (Å²) >= 11 is 0. The third kappa shape index (κ3) is 6.02. The van der Waals surface area contributed by atoms with Crippen molar-refractivity contribution in [2.45, 2.75) is 40.2 Å². The molecule has 2 N–H and O–H groups in total. The second-order valence-electron chi connectivity index (χ2n) is 5.18. The highest BCUT2D eigenvalue weighted by atomic mass is 32.2. The second-order valence-corrected chi connectivity index (χ2v) is 6.71. The second kappa shape index (κ2) is 7.75. The van der Waals surface area contributed by atoms with E-state index in [1.54, 1.807) is 13.0 Å². The Kier molecular flexibility index (Phi) is 7.40. The maximum atomic E-state index is 11.0. The molecule has 0 spiro atoms. The molecule has 0 saturated carbocycles. The zero-order chi connectivity index (χ0) is 16.0. The number of carbonyl (C=O) groups is 1. The molecular weight excluding hydrogens is 280 g/mol. The SMILES string of the molecule is CC[N+](CC)(CC=C(C)C(N)=O)C(C)CCS(=O)(=O)[O-]. The molecule has 0 radical (unpaired) electrons. The summed E-state index contributed by atoms with van der Waals surface area (Å²) in [5, 5.41) is 0. The fraction of sp³-hybridized carbons (Fsp3) is 0.769. The van der Waals surface area contributed by atoms with Crippen molar-refractivity contribution < 1.29 is 22.2 Å². The highest BCUT2D eigenvalue weighted by Gasteiger charge is 2.29. The Labute approximate surface area is 122 Å². The van der Waals surface area contributed by atoms with Crippen molar-refractivity contribution in [1.29, 1.82) is 0 Å². The van der Waals surface area contributed by atoms with Crippen molar-refractivity contribution in [2.75, 3.05) is 25.4 Å². The summed E-state index contributed by atoms with van der Waals surface area (Å²) in [5.74, 6) is -0.808. The zero-order valence-corrected chi connectivity index (χ0v) is 13.6. The molecule has 7 heteroatoms. The molecule has 20 heavy (non-hydrogen) atoms. The molecule has 0 aliphatic carbocycles. The molecule has 0 fully saturated rings. The quantitative estimate of drug-likeness (QED) is 0.383. The van der Waals surface area contributed by atoms with Gasteiger partial charge in [-0.15, -0.1) is 0 Å². The topological polar surface area (TPSA) is 100 Å². The third-order valence-electron chi connectivity index (χ3n) is 4.13. The molecule has 1 atom stereocenters. The molecule has 6 nitrogen and oxygen atoms in total. The number of hydrogen-bond donors (Lipinski definition) is 1. The number of carbonyl (C=O) groups excluding carboxylic acids is 1. The maximum Gasteiger partial charge on any atom is 0.244 e. The van der Waals surface area contributed by atoms with Gasteiger partial charge in [-0.05, 0) is 33.8 Å². The first kappa shape index (κ1) is 19.1. The van der Waals surface area contributed by atoms with Crippen molar-refractivity contribution in [3.8, 4) is 0 Å². The summed E-state index contributed by atoms with van der Waals surface area (Å²) in [6, 6.07) is 0.0191. The van der Waals surface area contributed by atoms with Crippen LogP contribution in [0.3, 0.4) is 0 Å². The predicted molar refractivity (Wildman–Crippen MR) is 77.8 cm³/mol. The first-order valence-electron chi connectivity index (χ1n) is 6.84. The monoisotopic (exact) mass is 306 g/mol. The highest BCUT2D eigenvalue weighted by Crippen LogP contribution is 2.18. The molecule has 1 amide bonds. The maximum absolute atomic E-state index is 11.0. The van der Waals surface area contributed by atoms with Crippen LogP contribution in [0.1, 0.15) is 34.1 Å². The summed E-state index contributed by atoms with van der Waals surface area (Å²) in [7, 11) is -4.19. The lowest BCUT2D eigenvalue weighted by molar-refractivity contribution is -0.941. The van der Waals surface area contributed by atoms with Gasteiger partial charge in [-0.25, -0.2) is 8.42 Å². The van der Waals surface area contributed by atoms with Crippen molar-refractivity contribution in [3.05, 3.63) is 11.6 Å². The number of quaternary nitrogens is 1. The molecular formula is C13H26N2O4S. The van der Waals surface area contributed by atoms with Crippen LogP contribution in [0.5, 0.6) is 0 Å². The number of primary amides is 1. The van der Waals surface area contributed by atoms with Crippen LogP contribution in [0.4, 0.5) is 0 Å². The van der Waals surface area contributed by atoms with E-state index in [0.717, 1.165) is 13.1 Å². The van der Waals surface area contributed by atoms with Gasteiger partial charge in [0.2, 0.25) is 5.91 Å². The Bertz CT molecular complexity index is 453. The van der Waals surface area contributed by atoms with Crippen LogP contribution in [-0.2, 0) is 14.9 Å². The van der Waals surface area contributed by atoms with Crippen LogP contribution in [0.15, 0.2) is 11.6 Å². The van der Waals surface area contributed by atoms with E-state index in [4.69, 9.17) is 5.73 Å².